The second-order valence-corrected chi connectivity index (χ2v) is 10.7. The highest BCUT2D eigenvalue weighted by atomic mass is 19.4. The van der Waals surface area contributed by atoms with Crippen LogP contribution in [0.1, 0.15) is 45.0 Å². The van der Waals surface area contributed by atoms with Gasteiger partial charge in [-0.15, -0.1) is 0 Å². The van der Waals surface area contributed by atoms with Crippen molar-refractivity contribution in [2.45, 2.75) is 24.9 Å². The molecule has 3 aromatic carbocycles. The van der Waals surface area contributed by atoms with E-state index in [-0.39, 0.29) is 34.9 Å². The van der Waals surface area contributed by atoms with Crippen molar-refractivity contribution in [1.82, 2.24) is 15.5 Å². The van der Waals surface area contributed by atoms with Crippen LogP contribution >= 0.6 is 0 Å². The van der Waals surface area contributed by atoms with Gasteiger partial charge in [-0.05, 0) is 92.2 Å². The summed E-state index contributed by atoms with van der Waals surface area (Å²) in [5.41, 5.74) is 1.07. The van der Waals surface area contributed by atoms with Gasteiger partial charge in [-0.1, -0.05) is 12.1 Å². The molecule has 47 heavy (non-hydrogen) atoms. The molecule has 2 aliphatic rings. The first kappa shape index (κ1) is 36.5. The molecule has 3 aromatic rings. The lowest BCUT2D eigenvalue weighted by atomic mass is 9.68. The molecular weight excluding hydrogens is 636 g/mol. The largest absolute Gasteiger partial charge is 0.490 e. The van der Waals surface area contributed by atoms with Crippen LogP contribution in [0.15, 0.2) is 72.8 Å². The van der Waals surface area contributed by atoms with Gasteiger partial charge in [0.1, 0.15) is 17.5 Å². The van der Waals surface area contributed by atoms with Crippen molar-refractivity contribution in [3.05, 3.63) is 107 Å². The summed E-state index contributed by atoms with van der Waals surface area (Å²) in [5.74, 6) is -4.97. The number of hydrogen-bond acceptors (Lipinski definition) is 5. The normalized spacial score (nSPS) is 17.0. The van der Waals surface area contributed by atoms with Gasteiger partial charge < -0.3 is 25.7 Å². The average molecular weight is 668 g/mol. The minimum absolute atomic E-state index is 0.0472. The van der Waals surface area contributed by atoms with E-state index in [1.165, 1.54) is 48.5 Å². The van der Waals surface area contributed by atoms with Gasteiger partial charge in [0.25, 0.3) is 5.91 Å². The van der Waals surface area contributed by atoms with Gasteiger partial charge in [0.2, 0.25) is 5.91 Å². The fraction of sp³-hybridized carbons (Fsp3) is 0.312. The SMILES string of the molecule is O=C(NCCN1CCC2(CC1)C(=O)NCC2c1ccc(F)cc1)c1ccc(F)cc1.O=C(O)C(F)(F)F.O=C(O)c1ccc(F)cc1. The molecular formula is C32H31F6N3O6. The van der Waals surface area contributed by atoms with Crippen LogP contribution in [-0.4, -0.2) is 77.8 Å². The van der Waals surface area contributed by atoms with Crippen LogP contribution in [0.25, 0.3) is 0 Å². The zero-order valence-electron chi connectivity index (χ0n) is 24.7. The Bertz CT molecular complexity index is 1520. The van der Waals surface area contributed by atoms with Crippen LogP contribution in [0, 0.1) is 22.9 Å². The lowest BCUT2D eigenvalue weighted by Crippen LogP contribution is -2.47. The third-order valence-corrected chi connectivity index (χ3v) is 7.76. The minimum atomic E-state index is -5.08. The Labute approximate surface area is 265 Å². The van der Waals surface area contributed by atoms with Crippen molar-refractivity contribution in [3.63, 3.8) is 0 Å². The van der Waals surface area contributed by atoms with Gasteiger partial charge in [-0.25, -0.2) is 22.8 Å². The van der Waals surface area contributed by atoms with Crippen molar-refractivity contribution in [2.24, 2.45) is 5.41 Å². The van der Waals surface area contributed by atoms with Crippen LogP contribution in [0.3, 0.4) is 0 Å². The van der Waals surface area contributed by atoms with E-state index in [0.29, 0.717) is 25.2 Å². The molecule has 0 saturated carbocycles. The molecule has 2 heterocycles. The summed E-state index contributed by atoms with van der Waals surface area (Å²) in [7, 11) is 0. The summed E-state index contributed by atoms with van der Waals surface area (Å²) >= 11 is 0. The Morgan fingerprint density at radius 1 is 0.809 bits per heavy atom. The maximum atomic E-state index is 13.3. The summed E-state index contributed by atoms with van der Waals surface area (Å²) in [6.07, 6.45) is -3.63. The van der Waals surface area contributed by atoms with E-state index in [1.54, 1.807) is 12.1 Å². The zero-order chi connectivity index (χ0) is 34.8. The third kappa shape index (κ3) is 10.3. The minimum Gasteiger partial charge on any atom is -0.478 e. The lowest BCUT2D eigenvalue weighted by Gasteiger charge is -2.41. The zero-order valence-corrected chi connectivity index (χ0v) is 24.7. The highest BCUT2D eigenvalue weighted by molar-refractivity contribution is 5.94. The molecule has 0 aliphatic carbocycles. The van der Waals surface area contributed by atoms with E-state index in [9.17, 15) is 40.7 Å². The molecule has 5 rings (SSSR count). The standard InChI is InChI=1S/C23H25F2N3O2.C7H5FO2.C2HF3O2/c24-18-5-1-16(2-6-18)20-15-27-22(30)23(20)9-12-28(13-10-23)14-11-26-21(29)17-3-7-19(25)8-4-17;8-6-3-1-5(2-4-6)7(9)10;3-2(4,5)1(6)7/h1-8,20H,9-15H2,(H,26,29)(H,27,30);1-4H,(H,9,10);(H,6,7). The molecule has 2 aliphatic heterocycles. The van der Waals surface area contributed by atoms with E-state index < -0.39 is 29.3 Å². The van der Waals surface area contributed by atoms with E-state index >= 15 is 0 Å². The van der Waals surface area contributed by atoms with Crippen molar-refractivity contribution < 1.29 is 55.7 Å². The van der Waals surface area contributed by atoms with Gasteiger partial charge in [-0.3, -0.25) is 9.59 Å². The first-order chi connectivity index (χ1) is 22.1. The van der Waals surface area contributed by atoms with Crippen molar-refractivity contribution in [3.8, 4) is 0 Å². The predicted molar refractivity (Wildman–Crippen MR) is 156 cm³/mol. The Morgan fingerprint density at radius 3 is 1.70 bits per heavy atom. The van der Waals surface area contributed by atoms with Crippen LogP contribution in [0.5, 0.6) is 0 Å². The summed E-state index contributed by atoms with van der Waals surface area (Å²) in [6, 6.07) is 16.6. The summed E-state index contributed by atoms with van der Waals surface area (Å²) in [4.78, 5) is 46.2. The van der Waals surface area contributed by atoms with Gasteiger partial charge >= 0.3 is 18.1 Å². The van der Waals surface area contributed by atoms with Gasteiger partial charge in [-0.2, -0.15) is 13.2 Å². The van der Waals surface area contributed by atoms with Crippen molar-refractivity contribution in [1.29, 1.82) is 0 Å². The first-order valence-corrected chi connectivity index (χ1v) is 14.2. The Kier molecular flexibility index (Phi) is 12.5. The average Bonchev–Trinajstić information content (AvgIpc) is 3.34. The van der Waals surface area contributed by atoms with E-state index in [4.69, 9.17) is 15.0 Å². The summed E-state index contributed by atoms with van der Waals surface area (Å²) in [6.45, 7) is 3.27. The highest BCUT2D eigenvalue weighted by Gasteiger charge is 2.51. The Morgan fingerprint density at radius 2 is 1.26 bits per heavy atom. The smallest absolute Gasteiger partial charge is 0.478 e. The first-order valence-electron chi connectivity index (χ1n) is 14.2. The molecule has 1 atom stereocenters. The number of carboxylic acid groups (broad SMARTS) is 2. The Hall–Kier alpha value is -4.92. The number of aliphatic carboxylic acids is 1. The number of carbonyl (C=O) groups is 4. The molecule has 1 spiro atoms. The van der Waals surface area contributed by atoms with Gasteiger partial charge in [0.15, 0.2) is 0 Å². The van der Waals surface area contributed by atoms with Gasteiger partial charge in [0.05, 0.1) is 11.0 Å². The second kappa shape index (κ2) is 16.1. The van der Waals surface area contributed by atoms with Crippen LogP contribution < -0.4 is 10.6 Å². The number of hydrogen-bond donors (Lipinski definition) is 4. The van der Waals surface area contributed by atoms with Crippen molar-refractivity contribution in [2.75, 3.05) is 32.7 Å². The van der Waals surface area contributed by atoms with Crippen LogP contribution in [0.2, 0.25) is 0 Å². The molecule has 2 saturated heterocycles. The molecule has 15 heteroatoms. The molecule has 0 bridgehead atoms. The van der Waals surface area contributed by atoms with E-state index in [1.807, 2.05) is 0 Å². The summed E-state index contributed by atoms with van der Waals surface area (Å²) < 4.78 is 70.2. The number of benzene rings is 3. The predicted octanol–water partition coefficient (Wildman–Crippen LogP) is 4.85. The number of piperidine rings is 1. The third-order valence-electron chi connectivity index (χ3n) is 7.76. The molecule has 2 fully saturated rings. The number of likely N-dealkylation sites (tertiary alicyclic amines) is 1. The highest BCUT2D eigenvalue weighted by Crippen LogP contribution is 2.47. The van der Waals surface area contributed by atoms with Crippen molar-refractivity contribution >= 4 is 23.8 Å². The number of amides is 2. The topological polar surface area (TPSA) is 136 Å². The molecule has 0 aromatic heterocycles. The number of alkyl halides is 3. The second-order valence-electron chi connectivity index (χ2n) is 10.7. The number of aromatic carboxylic acids is 1. The number of nitrogens with zero attached hydrogens (tertiary/aromatic N) is 1. The number of nitrogens with one attached hydrogen (secondary N) is 2. The van der Waals surface area contributed by atoms with Gasteiger partial charge in [0, 0.05) is 31.1 Å². The molecule has 1 unspecified atom stereocenters. The fourth-order valence-electron chi connectivity index (χ4n) is 5.23. The Balaban J connectivity index is 0.000000289. The molecule has 252 valence electrons. The summed E-state index contributed by atoms with van der Waals surface area (Å²) in [5, 5.41) is 21.3. The monoisotopic (exact) mass is 667 g/mol. The quantitative estimate of drug-likeness (QED) is 0.276. The van der Waals surface area contributed by atoms with Crippen LogP contribution in [-0.2, 0) is 9.59 Å². The number of carboxylic acids is 2. The lowest BCUT2D eigenvalue weighted by molar-refractivity contribution is -0.192. The maximum Gasteiger partial charge on any atom is 0.490 e. The van der Waals surface area contributed by atoms with E-state index in [2.05, 4.69) is 15.5 Å². The number of carbonyl (C=O) groups excluding carboxylic acids is 2. The number of rotatable bonds is 6. The van der Waals surface area contributed by atoms with E-state index in [0.717, 1.165) is 43.6 Å². The molecule has 9 nitrogen and oxygen atoms in total. The molecule has 0 radical (unpaired) electrons. The van der Waals surface area contributed by atoms with Crippen LogP contribution in [0.4, 0.5) is 26.3 Å². The fourth-order valence-corrected chi connectivity index (χ4v) is 5.23. The molecule has 4 N–H and O–H groups in total. The maximum absolute atomic E-state index is 13.3. The number of halogens is 6. The molecule has 2 amide bonds.